The molecule has 0 bridgehead atoms. The maximum absolute atomic E-state index is 13.2. The quantitative estimate of drug-likeness (QED) is 0.754. The van der Waals surface area contributed by atoms with Gasteiger partial charge in [-0.25, -0.2) is 9.59 Å². The van der Waals surface area contributed by atoms with Crippen molar-refractivity contribution in [1.29, 1.82) is 0 Å². The largest absolute Gasteiger partial charge is 0.479 e. The van der Waals surface area contributed by atoms with Crippen LogP contribution in [-0.2, 0) is 16.0 Å². The van der Waals surface area contributed by atoms with Crippen LogP contribution >= 0.6 is 15.9 Å². The molecule has 1 amide bonds. The number of amides is 1. The molecule has 6 nitrogen and oxygen atoms in total. The van der Waals surface area contributed by atoms with Crippen molar-refractivity contribution >= 4 is 33.8 Å². The second-order valence-electron chi connectivity index (χ2n) is 8.22. The summed E-state index contributed by atoms with van der Waals surface area (Å²) in [5, 5.41) is 10.1. The van der Waals surface area contributed by atoms with Crippen LogP contribution in [0.2, 0.25) is 0 Å². The molecule has 1 aliphatic carbocycles. The lowest BCUT2D eigenvalue weighted by Gasteiger charge is -2.42. The number of carbonyl (C=O) groups excluding carboxylic acids is 2. The molecule has 2 unspecified atom stereocenters. The standard InChI is InChI=1S/C20H24BrNO5/c1-19(2,3)27-18(26)22-10-4-9-20(22,17(24)25)15-8-5-12-11-13(21)6-7-14(12)16(15)23/h6-7,11,15H,4-5,8-10H2,1-3H3,(H,24,25). The van der Waals surface area contributed by atoms with Gasteiger partial charge >= 0.3 is 12.1 Å². The topological polar surface area (TPSA) is 83.9 Å². The van der Waals surface area contributed by atoms with Crippen molar-refractivity contribution in [3.05, 3.63) is 33.8 Å². The van der Waals surface area contributed by atoms with E-state index in [9.17, 15) is 19.5 Å². The van der Waals surface area contributed by atoms with Crippen molar-refractivity contribution in [2.45, 2.75) is 57.6 Å². The number of halogens is 1. The Hall–Kier alpha value is -1.89. The number of carboxylic acids is 1. The molecule has 2 atom stereocenters. The third-order valence-electron chi connectivity index (χ3n) is 5.33. The van der Waals surface area contributed by atoms with Crippen LogP contribution in [0.25, 0.3) is 0 Å². The number of aryl methyl sites for hydroxylation is 1. The molecule has 2 aliphatic rings. The zero-order chi connectivity index (χ0) is 20.0. The number of hydrogen-bond acceptors (Lipinski definition) is 4. The van der Waals surface area contributed by atoms with Crippen molar-refractivity contribution in [2.24, 2.45) is 5.92 Å². The zero-order valence-electron chi connectivity index (χ0n) is 15.8. The highest BCUT2D eigenvalue weighted by Crippen LogP contribution is 2.43. The van der Waals surface area contributed by atoms with Crippen LogP contribution in [0.5, 0.6) is 0 Å². The molecule has 1 aromatic carbocycles. The smallest absolute Gasteiger partial charge is 0.411 e. The van der Waals surface area contributed by atoms with Gasteiger partial charge < -0.3 is 9.84 Å². The molecule has 1 aromatic rings. The van der Waals surface area contributed by atoms with Gasteiger partial charge in [0.1, 0.15) is 5.60 Å². The highest BCUT2D eigenvalue weighted by atomic mass is 79.9. The summed E-state index contributed by atoms with van der Waals surface area (Å²) >= 11 is 3.41. The average molecular weight is 438 g/mol. The predicted octanol–water partition coefficient (Wildman–Crippen LogP) is 4.05. The number of hydrogen-bond donors (Lipinski definition) is 1. The van der Waals surface area contributed by atoms with Gasteiger partial charge in [-0.3, -0.25) is 9.69 Å². The summed E-state index contributed by atoms with van der Waals surface area (Å²) in [7, 11) is 0. The van der Waals surface area contributed by atoms with E-state index in [1.807, 2.05) is 6.07 Å². The molecule has 1 heterocycles. The first-order valence-electron chi connectivity index (χ1n) is 9.13. The second kappa shape index (κ2) is 6.93. The van der Waals surface area contributed by atoms with Gasteiger partial charge in [0.05, 0.1) is 5.92 Å². The maximum Gasteiger partial charge on any atom is 0.411 e. The van der Waals surface area contributed by atoms with E-state index < -0.39 is 29.1 Å². The monoisotopic (exact) mass is 437 g/mol. The third-order valence-corrected chi connectivity index (χ3v) is 5.83. The number of carbonyl (C=O) groups is 3. The van der Waals surface area contributed by atoms with Crippen molar-refractivity contribution < 1.29 is 24.2 Å². The summed E-state index contributed by atoms with van der Waals surface area (Å²) < 4.78 is 6.33. The summed E-state index contributed by atoms with van der Waals surface area (Å²) in [6.45, 7) is 5.49. The van der Waals surface area contributed by atoms with Crippen LogP contribution < -0.4 is 0 Å². The Morgan fingerprint density at radius 1 is 1.33 bits per heavy atom. The SMILES string of the molecule is CC(C)(C)OC(=O)N1CCCC1(C(=O)O)C1CCc2cc(Br)ccc2C1=O. The number of fused-ring (bicyclic) bond motifs is 1. The van der Waals surface area contributed by atoms with Gasteiger partial charge in [-0.05, 0) is 64.2 Å². The van der Waals surface area contributed by atoms with Crippen molar-refractivity contribution in [2.75, 3.05) is 6.54 Å². The number of rotatable bonds is 2. The molecule has 146 valence electrons. The van der Waals surface area contributed by atoms with Gasteiger partial charge in [-0.2, -0.15) is 0 Å². The average Bonchev–Trinajstić information content (AvgIpc) is 2.99. The Labute approximate surface area is 167 Å². The van der Waals surface area contributed by atoms with E-state index in [2.05, 4.69) is 15.9 Å². The highest BCUT2D eigenvalue weighted by Gasteiger charge is 2.59. The molecule has 27 heavy (non-hydrogen) atoms. The number of likely N-dealkylation sites (tertiary alicyclic amines) is 1. The third kappa shape index (κ3) is 3.49. The molecule has 0 spiro atoms. The van der Waals surface area contributed by atoms with E-state index in [4.69, 9.17) is 4.74 Å². The molecular formula is C20H24BrNO5. The fraction of sp³-hybridized carbons (Fsp3) is 0.550. The Morgan fingerprint density at radius 2 is 2.04 bits per heavy atom. The van der Waals surface area contributed by atoms with E-state index in [1.54, 1.807) is 32.9 Å². The normalized spacial score (nSPS) is 25.3. The lowest BCUT2D eigenvalue weighted by atomic mass is 9.70. The maximum atomic E-state index is 13.2. The van der Waals surface area contributed by atoms with E-state index >= 15 is 0 Å². The summed E-state index contributed by atoms with van der Waals surface area (Å²) in [6.07, 6.45) is 1.11. The number of benzene rings is 1. The van der Waals surface area contributed by atoms with Crippen LogP contribution in [0, 0.1) is 5.92 Å². The van der Waals surface area contributed by atoms with Crippen LogP contribution in [0.1, 0.15) is 56.0 Å². The number of aliphatic carboxylic acids is 1. The van der Waals surface area contributed by atoms with Gasteiger partial charge in [0.25, 0.3) is 0 Å². The summed E-state index contributed by atoms with van der Waals surface area (Å²) in [5.41, 5.74) is -0.831. The van der Waals surface area contributed by atoms with E-state index in [0.29, 0.717) is 24.8 Å². The molecule has 1 N–H and O–H groups in total. The number of carboxylic acid groups (broad SMARTS) is 1. The molecule has 1 fully saturated rings. The van der Waals surface area contributed by atoms with Crippen molar-refractivity contribution in [1.82, 2.24) is 4.90 Å². The lowest BCUT2D eigenvalue weighted by molar-refractivity contribution is -0.152. The molecule has 1 saturated heterocycles. The van der Waals surface area contributed by atoms with Gasteiger partial charge in [0, 0.05) is 16.6 Å². The minimum absolute atomic E-state index is 0.207. The van der Waals surface area contributed by atoms with E-state index in [0.717, 1.165) is 10.0 Å². The van der Waals surface area contributed by atoms with E-state index in [1.165, 1.54) is 4.90 Å². The number of ketones is 1. The van der Waals surface area contributed by atoms with Crippen molar-refractivity contribution in [3.8, 4) is 0 Å². The predicted molar refractivity (Wildman–Crippen MR) is 103 cm³/mol. The second-order valence-corrected chi connectivity index (χ2v) is 9.14. The first-order valence-corrected chi connectivity index (χ1v) is 9.92. The van der Waals surface area contributed by atoms with Crippen LogP contribution in [-0.4, -0.2) is 45.5 Å². The minimum atomic E-state index is -1.55. The van der Waals surface area contributed by atoms with Crippen LogP contribution in [0.15, 0.2) is 22.7 Å². The minimum Gasteiger partial charge on any atom is -0.479 e. The molecule has 0 saturated carbocycles. The Morgan fingerprint density at radius 3 is 2.67 bits per heavy atom. The number of ether oxygens (including phenoxy) is 1. The Kier molecular flexibility index (Phi) is 5.10. The lowest BCUT2D eigenvalue weighted by Crippen LogP contribution is -2.61. The molecule has 0 radical (unpaired) electrons. The molecule has 1 aliphatic heterocycles. The zero-order valence-corrected chi connectivity index (χ0v) is 17.3. The van der Waals surface area contributed by atoms with Crippen LogP contribution in [0.4, 0.5) is 4.79 Å². The molecular weight excluding hydrogens is 414 g/mol. The summed E-state index contributed by atoms with van der Waals surface area (Å²) in [6, 6.07) is 5.42. The fourth-order valence-electron chi connectivity index (χ4n) is 4.23. The first kappa shape index (κ1) is 19.9. The summed E-state index contributed by atoms with van der Waals surface area (Å²) in [4.78, 5) is 39.6. The van der Waals surface area contributed by atoms with E-state index in [-0.39, 0.29) is 18.7 Å². The first-order chi connectivity index (χ1) is 12.6. The highest BCUT2D eigenvalue weighted by molar-refractivity contribution is 9.10. The molecule has 7 heteroatoms. The fourth-order valence-corrected chi connectivity index (χ4v) is 4.64. The van der Waals surface area contributed by atoms with Gasteiger partial charge in [-0.15, -0.1) is 0 Å². The van der Waals surface area contributed by atoms with Gasteiger partial charge in [-0.1, -0.05) is 22.0 Å². The van der Waals surface area contributed by atoms with Gasteiger partial charge in [0.2, 0.25) is 0 Å². The van der Waals surface area contributed by atoms with Crippen molar-refractivity contribution in [3.63, 3.8) is 0 Å². The Bertz CT molecular complexity index is 800. The summed E-state index contributed by atoms with van der Waals surface area (Å²) in [5.74, 6) is -2.12. The van der Waals surface area contributed by atoms with Gasteiger partial charge in [0.15, 0.2) is 11.3 Å². The molecule has 0 aromatic heterocycles. The number of nitrogens with zero attached hydrogens (tertiary/aromatic N) is 1. The Balaban J connectivity index is 2.00. The molecule has 3 rings (SSSR count). The number of Topliss-reactive ketones (excluding diaryl/α,β-unsaturated/α-hetero) is 1. The van der Waals surface area contributed by atoms with Crippen LogP contribution in [0.3, 0.4) is 0 Å².